The van der Waals surface area contributed by atoms with Crippen molar-refractivity contribution in [2.75, 3.05) is 11.9 Å². The zero-order chi connectivity index (χ0) is 14.7. The highest BCUT2D eigenvalue weighted by atomic mass is 35.5. The number of halogens is 1. The molecule has 0 N–H and O–H groups in total. The first kappa shape index (κ1) is 14.8. The lowest BCUT2D eigenvalue weighted by atomic mass is 10.1. The number of aromatic nitrogens is 2. The van der Waals surface area contributed by atoms with Gasteiger partial charge in [0.1, 0.15) is 16.8 Å². The summed E-state index contributed by atoms with van der Waals surface area (Å²) in [5, 5.41) is 0.544. The van der Waals surface area contributed by atoms with Crippen LogP contribution >= 0.6 is 11.6 Å². The van der Waals surface area contributed by atoms with Crippen LogP contribution in [-0.2, 0) is 13.0 Å². The summed E-state index contributed by atoms with van der Waals surface area (Å²) >= 11 is 6.19. The van der Waals surface area contributed by atoms with E-state index in [2.05, 4.69) is 46.1 Å². The molecule has 4 heteroatoms. The molecule has 0 radical (unpaired) electrons. The van der Waals surface area contributed by atoms with E-state index in [1.807, 2.05) is 20.9 Å². The van der Waals surface area contributed by atoms with Crippen LogP contribution < -0.4 is 4.90 Å². The second-order valence-electron chi connectivity index (χ2n) is 5.08. The molecule has 106 valence electrons. The van der Waals surface area contributed by atoms with Crippen molar-refractivity contribution in [3.05, 3.63) is 51.9 Å². The third-order valence-corrected chi connectivity index (χ3v) is 3.66. The van der Waals surface area contributed by atoms with Gasteiger partial charge >= 0.3 is 0 Å². The topological polar surface area (TPSA) is 29.0 Å². The summed E-state index contributed by atoms with van der Waals surface area (Å²) in [6, 6.07) is 8.50. The number of aryl methyl sites for hydroxylation is 2. The highest BCUT2D eigenvalue weighted by molar-refractivity contribution is 6.30. The van der Waals surface area contributed by atoms with Gasteiger partial charge in [0.2, 0.25) is 0 Å². The van der Waals surface area contributed by atoms with Crippen LogP contribution in [0.4, 0.5) is 5.82 Å². The molecular weight excluding hydrogens is 270 g/mol. The summed E-state index contributed by atoms with van der Waals surface area (Å²) in [6.07, 6.45) is 0.783. The summed E-state index contributed by atoms with van der Waals surface area (Å²) in [4.78, 5) is 11.0. The number of hydrogen-bond acceptors (Lipinski definition) is 3. The molecule has 0 spiro atoms. The van der Waals surface area contributed by atoms with E-state index in [1.54, 1.807) is 0 Å². The fourth-order valence-corrected chi connectivity index (χ4v) is 2.39. The molecule has 3 nitrogen and oxygen atoms in total. The van der Waals surface area contributed by atoms with Gasteiger partial charge in [-0.25, -0.2) is 9.97 Å². The van der Waals surface area contributed by atoms with E-state index in [-0.39, 0.29) is 0 Å². The predicted molar refractivity (Wildman–Crippen MR) is 84.4 cm³/mol. The molecule has 0 saturated carbocycles. The van der Waals surface area contributed by atoms with E-state index in [1.165, 1.54) is 11.1 Å². The summed E-state index contributed by atoms with van der Waals surface area (Å²) in [6.45, 7) is 6.90. The Morgan fingerprint density at radius 3 is 2.60 bits per heavy atom. The Morgan fingerprint density at radius 2 is 1.95 bits per heavy atom. The number of nitrogens with zero attached hydrogens (tertiary/aromatic N) is 3. The molecule has 1 aromatic heterocycles. The van der Waals surface area contributed by atoms with Crippen LogP contribution in [0.2, 0.25) is 5.15 Å². The summed E-state index contributed by atoms with van der Waals surface area (Å²) in [7, 11) is 2.04. The van der Waals surface area contributed by atoms with Crippen LogP contribution in [0.25, 0.3) is 0 Å². The number of hydrogen-bond donors (Lipinski definition) is 0. The first-order valence-electron chi connectivity index (χ1n) is 6.81. The Kier molecular flexibility index (Phi) is 4.61. The fourth-order valence-electron chi connectivity index (χ4n) is 2.21. The third-order valence-electron chi connectivity index (χ3n) is 3.29. The zero-order valence-electron chi connectivity index (χ0n) is 12.4. The lowest BCUT2D eigenvalue weighted by molar-refractivity contribution is 0.848. The van der Waals surface area contributed by atoms with Gasteiger partial charge in [0, 0.05) is 25.6 Å². The quantitative estimate of drug-likeness (QED) is 0.798. The summed E-state index contributed by atoms with van der Waals surface area (Å²) in [5.74, 6) is 1.69. The molecule has 2 aromatic rings. The van der Waals surface area contributed by atoms with Gasteiger partial charge < -0.3 is 4.90 Å². The third kappa shape index (κ3) is 3.28. The van der Waals surface area contributed by atoms with Crippen molar-refractivity contribution in [3.8, 4) is 0 Å². The lowest BCUT2D eigenvalue weighted by Crippen LogP contribution is -2.20. The van der Waals surface area contributed by atoms with Crippen molar-refractivity contribution in [3.63, 3.8) is 0 Å². The average molecular weight is 290 g/mol. The monoisotopic (exact) mass is 289 g/mol. The molecule has 0 unspecified atom stereocenters. The second-order valence-corrected chi connectivity index (χ2v) is 5.44. The summed E-state index contributed by atoms with van der Waals surface area (Å²) < 4.78 is 0. The molecule has 20 heavy (non-hydrogen) atoms. The maximum atomic E-state index is 6.19. The van der Waals surface area contributed by atoms with Crippen molar-refractivity contribution in [1.82, 2.24) is 9.97 Å². The van der Waals surface area contributed by atoms with Gasteiger partial charge in [0.15, 0.2) is 0 Å². The normalized spacial score (nSPS) is 10.7. The van der Waals surface area contributed by atoms with E-state index in [0.717, 1.165) is 30.2 Å². The molecular formula is C16H20ClN3. The van der Waals surface area contributed by atoms with Gasteiger partial charge in [-0.2, -0.15) is 0 Å². The molecule has 1 aromatic carbocycles. The van der Waals surface area contributed by atoms with Crippen LogP contribution in [-0.4, -0.2) is 17.0 Å². The number of rotatable bonds is 4. The van der Waals surface area contributed by atoms with Crippen LogP contribution in [0.3, 0.4) is 0 Å². The number of anilines is 1. The zero-order valence-corrected chi connectivity index (χ0v) is 13.2. The number of benzene rings is 1. The van der Waals surface area contributed by atoms with E-state index in [9.17, 15) is 0 Å². The minimum atomic E-state index is 0.544. The standard InChI is InChI=1S/C16H20ClN3/c1-5-14-18-15(17)12(3)16(19-14)20(4)10-13-8-6-7-11(2)9-13/h6-9H,5,10H2,1-4H3. The molecule has 2 rings (SSSR count). The average Bonchev–Trinajstić information content (AvgIpc) is 2.41. The lowest BCUT2D eigenvalue weighted by Gasteiger charge is -2.21. The van der Waals surface area contributed by atoms with E-state index in [4.69, 9.17) is 11.6 Å². The van der Waals surface area contributed by atoms with Crippen LogP contribution in [0.5, 0.6) is 0 Å². The predicted octanol–water partition coefficient (Wildman–Crippen LogP) is 3.95. The van der Waals surface area contributed by atoms with E-state index < -0.39 is 0 Å². The molecule has 0 aliphatic heterocycles. The second kappa shape index (κ2) is 6.23. The van der Waals surface area contributed by atoms with Gasteiger partial charge in [-0.05, 0) is 19.4 Å². The van der Waals surface area contributed by atoms with Crippen molar-refractivity contribution in [1.29, 1.82) is 0 Å². The maximum absolute atomic E-state index is 6.19. The minimum Gasteiger partial charge on any atom is -0.355 e. The minimum absolute atomic E-state index is 0.544. The van der Waals surface area contributed by atoms with Crippen LogP contribution in [0.1, 0.15) is 29.4 Å². The molecule has 0 atom stereocenters. The molecule has 0 aliphatic rings. The Bertz CT molecular complexity index is 611. The van der Waals surface area contributed by atoms with E-state index in [0.29, 0.717) is 5.15 Å². The first-order valence-corrected chi connectivity index (χ1v) is 7.18. The van der Waals surface area contributed by atoms with E-state index >= 15 is 0 Å². The van der Waals surface area contributed by atoms with Gasteiger partial charge in [-0.15, -0.1) is 0 Å². The molecule has 0 aliphatic carbocycles. The Labute approximate surface area is 125 Å². The molecule has 0 amide bonds. The fraction of sp³-hybridized carbons (Fsp3) is 0.375. The smallest absolute Gasteiger partial charge is 0.137 e. The molecule has 0 saturated heterocycles. The molecule has 0 bridgehead atoms. The van der Waals surface area contributed by atoms with Gasteiger partial charge in [0.25, 0.3) is 0 Å². The SMILES string of the molecule is CCc1nc(Cl)c(C)c(N(C)Cc2cccc(C)c2)n1. The largest absolute Gasteiger partial charge is 0.355 e. The highest BCUT2D eigenvalue weighted by Crippen LogP contribution is 2.24. The van der Waals surface area contributed by atoms with Gasteiger partial charge in [0.05, 0.1) is 0 Å². The van der Waals surface area contributed by atoms with Crippen LogP contribution in [0.15, 0.2) is 24.3 Å². The van der Waals surface area contributed by atoms with Crippen molar-refractivity contribution >= 4 is 17.4 Å². The Morgan fingerprint density at radius 1 is 1.20 bits per heavy atom. The van der Waals surface area contributed by atoms with Gasteiger partial charge in [-0.3, -0.25) is 0 Å². The highest BCUT2D eigenvalue weighted by Gasteiger charge is 2.12. The first-order chi connectivity index (χ1) is 9.51. The Balaban J connectivity index is 2.29. The van der Waals surface area contributed by atoms with Crippen molar-refractivity contribution in [2.24, 2.45) is 0 Å². The Hall–Kier alpha value is -1.61. The molecule has 0 fully saturated rings. The molecule has 1 heterocycles. The van der Waals surface area contributed by atoms with Gasteiger partial charge in [-0.1, -0.05) is 48.4 Å². The van der Waals surface area contributed by atoms with Crippen molar-refractivity contribution < 1.29 is 0 Å². The van der Waals surface area contributed by atoms with Crippen molar-refractivity contribution in [2.45, 2.75) is 33.7 Å². The summed E-state index contributed by atoms with van der Waals surface area (Å²) in [5.41, 5.74) is 3.46. The van der Waals surface area contributed by atoms with Crippen LogP contribution in [0, 0.1) is 13.8 Å². The maximum Gasteiger partial charge on any atom is 0.137 e.